The molecule has 0 fully saturated rings. The van der Waals surface area contributed by atoms with Crippen molar-refractivity contribution in [1.82, 2.24) is 0 Å². The highest BCUT2D eigenvalue weighted by molar-refractivity contribution is 6.05. The van der Waals surface area contributed by atoms with Crippen LogP contribution in [0.25, 0.3) is 0 Å². The molecule has 23 heavy (non-hydrogen) atoms. The lowest BCUT2D eigenvalue weighted by molar-refractivity contribution is -0.139. The second-order valence-electron chi connectivity index (χ2n) is 4.80. The summed E-state index contributed by atoms with van der Waals surface area (Å²) in [6.45, 7) is 2.03. The van der Waals surface area contributed by atoms with E-state index in [4.69, 9.17) is 9.47 Å². The van der Waals surface area contributed by atoms with Gasteiger partial charge in [-0.1, -0.05) is 31.2 Å². The van der Waals surface area contributed by atoms with Crippen LogP contribution in [0.3, 0.4) is 0 Å². The van der Waals surface area contributed by atoms with Crippen molar-refractivity contribution in [3.8, 4) is 0 Å². The third kappa shape index (κ3) is 3.34. The Morgan fingerprint density at radius 1 is 1.04 bits per heavy atom. The summed E-state index contributed by atoms with van der Waals surface area (Å²) in [5, 5.41) is 0. The minimum atomic E-state index is -0.604. The van der Waals surface area contributed by atoms with Gasteiger partial charge in [-0.3, -0.25) is 0 Å². The molecule has 0 saturated carbocycles. The van der Waals surface area contributed by atoms with E-state index in [9.17, 15) is 9.59 Å². The number of methoxy groups -OCH3 is 2. The molecule has 1 heterocycles. The van der Waals surface area contributed by atoms with E-state index in [2.05, 4.69) is 0 Å². The molecule has 0 aromatic heterocycles. The number of benzene rings is 1. The second kappa shape index (κ2) is 7.45. The highest BCUT2D eigenvalue weighted by Crippen LogP contribution is 2.29. The van der Waals surface area contributed by atoms with Crippen LogP contribution in [0.5, 0.6) is 0 Å². The van der Waals surface area contributed by atoms with Crippen LogP contribution < -0.4 is 4.90 Å². The number of aryl methyl sites for hydroxylation is 1. The summed E-state index contributed by atoms with van der Waals surface area (Å²) in [7, 11) is 2.56. The summed E-state index contributed by atoms with van der Waals surface area (Å²) in [6.07, 6.45) is 7.50. The Morgan fingerprint density at radius 3 is 2.39 bits per heavy atom. The van der Waals surface area contributed by atoms with Gasteiger partial charge in [0.1, 0.15) is 5.70 Å². The maximum absolute atomic E-state index is 12.3. The summed E-state index contributed by atoms with van der Waals surface area (Å²) >= 11 is 0. The summed E-state index contributed by atoms with van der Waals surface area (Å²) in [4.78, 5) is 26.1. The molecule has 5 heteroatoms. The predicted molar refractivity (Wildman–Crippen MR) is 87.6 cm³/mol. The number of ether oxygens (including phenoxy) is 2. The first kappa shape index (κ1) is 16.5. The van der Waals surface area contributed by atoms with Gasteiger partial charge in [-0.25, -0.2) is 9.59 Å². The van der Waals surface area contributed by atoms with E-state index in [1.165, 1.54) is 14.2 Å². The van der Waals surface area contributed by atoms with Gasteiger partial charge in [0.2, 0.25) is 0 Å². The van der Waals surface area contributed by atoms with Crippen LogP contribution in [0.4, 0.5) is 5.69 Å². The number of esters is 2. The molecule has 0 bridgehead atoms. The minimum absolute atomic E-state index is 0.130. The highest BCUT2D eigenvalue weighted by Gasteiger charge is 2.28. The smallest absolute Gasteiger partial charge is 0.355 e. The molecule has 0 spiro atoms. The van der Waals surface area contributed by atoms with Crippen molar-refractivity contribution in [2.24, 2.45) is 0 Å². The van der Waals surface area contributed by atoms with E-state index in [1.807, 2.05) is 31.2 Å². The molecule has 0 radical (unpaired) electrons. The van der Waals surface area contributed by atoms with Gasteiger partial charge in [-0.2, -0.15) is 0 Å². The highest BCUT2D eigenvalue weighted by atomic mass is 16.5. The first-order chi connectivity index (χ1) is 11.1. The lowest BCUT2D eigenvalue weighted by Gasteiger charge is -2.25. The Bertz CT molecular complexity index is 701. The number of carbonyl (C=O) groups is 2. The monoisotopic (exact) mass is 313 g/mol. The Kier molecular flexibility index (Phi) is 5.36. The van der Waals surface area contributed by atoms with Gasteiger partial charge in [0, 0.05) is 11.9 Å². The summed E-state index contributed by atoms with van der Waals surface area (Å²) in [5.41, 5.74) is 2.14. The van der Waals surface area contributed by atoms with Crippen molar-refractivity contribution >= 4 is 17.6 Å². The predicted octanol–water partition coefficient (Wildman–Crippen LogP) is 2.74. The molecule has 2 rings (SSSR count). The molecule has 0 unspecified atom stereocenters. The molecule has 0 saturated heterocycles. The van der Waals surface area contributed by atoms with Crippen LogP contribution in [-0.2, 0) is 25.5 Å². The maximum atomic E-state index is 12.3. The van der Waals surface area contributed by atoms with Crippen molar-refractivity contribution < 1.29 is 19.1 Å². The molecule has 0 amide bonds. The van der Waals surface area contributed by atoms with Crippen molar-refractivity contribution in [2.75, 3.05) is 19.1 Å². The largest absolute Gasteiger partial charge is 0.465 e. The molecule has 1 aromatic carbocycles. The molecule has 5 nitrogen and oxygen atoms in total. The van der Waals surface area contributed by atoms with E-state index in [-0.39, 0.29) is 11.3 Å². The molecule has 1 aliphatic rings. The fourth-order valence-corrected chi connectivity index (χ4v) is 2.40. The quantitative estimate of drug-likeness (QED) is 0.800. The average molecular weight is 313 g/mol. The summed E-state index contributed by atoms with van der Waals surface area (Å²) in [5.74, 6) is -1.20. The number of anilines is 1. The molecular formula is C18H19NO4. The van der Waals surface area contributed by atoms with Crippen LogP contribution in [0.15, 0.2) is 60.0 Å². The number of allylic oxidation sites excluding steroid dienone is 2. The number of rotatable bonds is 4. The molecular weight excluding hydrogens is 294 g/mol. The lowest BCUT2D eigenvalue weighted by atomic mass is 10.1. The first-order valence-corrected chi connectivity index (χ1v) is 7.27. The van der Waals surface area contributed by atoms with Crippen LogP contribution in [0, 0.1) is 0 Å². The number of nitrogens with zero attached hydrogens (tertiary/aromatic N) is 1. The van der Waals surface area contributed by atoms with Crippen LogP contribution in [-0.4, -0.2) is 26.2 Å². The number of carbonyl (C=O) groups excluding carboxylic acids is 2. The zero-order chi connectivity index (χ0) is 16.8. The third-order valence-electron chi connectivity index (χ3n) is 3.52. The average Bonchev–Trinajstić information content (AvgIpc) is 2.83. The number of para-hydroxylation sites is 1. The van der Waals surface area contributed by atoms with Crippen LogP contribution in [0.2, 0.25) is 0 Å². The van der Waals surface area contributed by atoms with E-state index < -0.39 is 11.9 Å². The van der Waals surface area contributed by atoms with Crippen LogP contribution >= 0.6 is 0 Å². The number of hydrogen-bond donors (Lipinski definition) is 0. The third-order valence-corrected chi connectivity index (χ3v) is 3.52. The van der Waals surface area contributed by atoms with E-state index in [0.717, 1.165) is 17.7 Å². The van der Waals surface area contributed by atoms with E-state index in [1.54, 1.807) is 29.3 Å². The van der Waals surface area contributed by atoms with E-state index >= 15 is 0 Å². The molecule has 0 atom stereocenters. The molecule has 0 aliphatic carbocycles. The Balaban J connectivity index is 2.68. The minimum Gasteiger partial charge on any atom is -0.465 e. The zero-order valence-electron chi connectivity index (χ0n) is 13.4. The fraction of sp³-hybridized carbons (Fsp3) is 0.222. The van der Waals surface area contributed by atoms with Gasteiger partial charge < -0.3 is 14.4 Å². The Labute approximate surface area is 135 Å². The van der Waals surface area contributed by atoms with Gasteiger partial charge in [-0.05, 0) is 30.2 Å². The standard InChI is InChI=1S/C18H19NO4/c1-4-13-9-5-6-11-15(13)19-12-8-7-10-14(17(20)22-2)16(19)18(21)23-3/h5-12H,4H2,1-3H3. The van der Waals surface area contributed by atoms with Gasteiger partial charge >= 0.3 is 11.9 Å². The van der Waals surface area contributed by atoms with Crippen molar-refractivity contribution in [3.05, 3.63) is 65.5 Å². The topological polar surface area (TPSA) is 55.8 Å². The van der Waals surface area contributed by atoms with Crippen LogP contribution in [0.1, 0.15) is 12.5 Å². The number of hydrogen-bond acceptors (Lipinski definition) is 5. The molecule has 1 aromatic rings. The van der Waals surface area contributed by atoms with Crippen molar-refractivity contribution in [2.45, 2.75) is 13.3 Å². The maximum Gasteiger partial charge on any atom is 0.355 e. The summed E-state index contributed by atoms with van der Waals surface area (Å²) in [6, 6.07) is 7.69. The van der Waals surface area contributed by atoms with E-state index in [0.29, 0.717) is 0 Å². The lowest BCUT2D eigenvalue weighted by Crippen LogP contribution is -2.27. The molecule has 0 N–H and O–H groups in total. The fourth-order valence-electron chi connectivity index (χ4n) is 2.40. The van der Waals surface area contributed by atoms with Crippen molar-refractivity contribution in [3.63, 3.8) is 0 Å². The van der Waals surface area contributed by atoms with Crippen molar-refractivity contribution in [1.29, 1.82) is 0 Å². The van der Waals surface area contributed by atoms with Gasteiger partial charge in [0.25, 0.3) is 0 Å². The zero-order valence-corrected chi connectivity index (χ0v) is 13.4. The van der Waals surface area contributed by atoms with Gasteiger partial charge in [0.05, 0.1) is 19.8 Å². The summed E-state index contributed by atoms with van der Waals surface area (Å²) < 4.78 is 9.68. The SMILES string of the molecule is CCc1ccccc1N1C=CC=CC(C(=O)OC)=C1C(=O)OC. The second-order valence-corrected chi connectivity index (χ2v) is 4.80. The normalized spacial score (nSPS) is 13.8. The molecule has 120 valence electrons. The Morgan fingerprint density at radius 2 is 1.74 bits per heavy atom. The molecule has 1 aliphatic heterocycles. The van der Waals surface area contributed by atoms with Gasteiger partial charge in [0.15, 0.2) is 0 Å². The van der Waals surface area contributed by atoms with Gasteiger partial charge in [-0.15, -0.1) is 0 Å². The Hall–Kier alpha value is -2.82. The first-order valence-electron chi connectivity index (χ1n) is 7.27.